The summed E-state index contributed by atoms with van der Waals surface area (Å²) in [5.41, 5.74) is 0.339. The fourth-order valence-electron chi connectivity index (χ4n) is 2.73. The van der Waals surface area contributed by atoms with Crippen molar-refractivity contribution in [2.24, 2.45) is 0 Å². The Morgan fingerprint density at radius 1 is 1.03 bits per heavy atom. The molecule has 3 aromatic rings. The maximum absolute atomic E-state index is 12.9. The SMILES string of the molecule is Cc1ccc(NC(=O)c2ccccc2[N+](=O)[O-])cc1S(=O)(=O)Nc1ccccc1Cl. The van der Waals surface area contributed by atoms with Crippen LogP contribution in [0.5, 0.6) is 0 Å². The van der Waals surface area contributed by atoms with Gasteiger partial charge in [0.15, 0.2) is 0 Å². The van der Waals surface area contributed by atoms with Crippen LogP contribution >= 0.6 is 11.6 Å². The minimum atomic E-state index is -4.01. The lowest BCUT2D eigenvalue weighted by Gasteiger charge is -2.13. The molecule has 3 rings (SSSR count). The molecule has 0 aliphatic rings. The van der Waals surface area contributed by atoms with Gasteiger partial charge >= 0.3 is 0 Å². The number of sulfonamides is 1. The predicted octanol–water partition coefficient (Wildman–Crippen LogP) is 4.61. The fraction of sp³-hybridized carbons (Fsp3) is 0.0500. The van der Waals surface area contributed by atoms with Gasteiger partial charge in [0.2, 0.25) is 0 Å². The topological polar surface area (TPSA) is 118 Å². The van der Waals surface area contributed by atoms with Crippen LogP contribution in [0.25, 0.3) is 0 Å². The molecule has 0 unspecified atom stereocenters. The van der Waals surface area contributed by atoms with E-state index in [1.54, 1.807) is 25.1 Å². The number of para-hydroxylation sites is 2. The van der Waals surface area contributed by atoms with Gasteiger partial charge in [0.1, 0.15) is 5.56 Å². The molecule has 0 aliphatic carbocycles. The standard InChI is InChI=1S/C20H16ClN3O5S/c1-13-10-11-14(22-20(25)15-6-2-5-9-18(15)24(26)27)12-19(13)30(28,29)23-17-8-4-3-7-16(17)21/h2-12,23H,1H3,(H,22,25). The number of carbonyl (C=O) groups excluding carboxylic acids is 1. The molecule has 2 N–H and O–H groups in total. The Balaban J connectivity index is 1.91. The minimum Gasteiger partial charge on any atom is -0.322 e. The summed E-state index contributed by atoms with van der Waals surface area (Å²) in [4.78, 5) is 22.9. The lowest BCUT2D eigenvalue weighted by Crippen LogP contribution is -2.17. The summed E-state index contributed by atoms with van der Waals surface area (Å²) in [5, 5.41) is 13.9. The maximum Gasteiger partial charge on any atom is 0.282 e. The Labute approximate surface area is 177 Å². The van der Waals surface area contributed by atoms with E-state index < -0.39 is 20.9 Å². The van der Waals surface area contributed by atoms with Crippen LogP contribution in [0.1, 0.15) is 15.9 Å². The van der Waals surface area contributed by atoms with Crippen molar-refractivity contribution in [1.29, 1.82) is 0 Å². The zero-order valence-electron chi connectivity index (χ0n) is 15.6. The Morgan fingerprint density at radius 2 is 1.70 bits per heavy atom. The number of amides is 1. The van der Waals surface area contributed by atoms with Crippen LogP contribution in [0.4, 0.5) is 17.1 Å². The van der Waals surface area contributed by atoms with Gasteiger partial charge in [0.05, 0.1) is 20.5 Å². The molecule has 0 saturated carbocycles. The molecule has 0 fully saturated rings. The van der Waals surface area contributed by atoms with Gasteiger partial charge < -0.3 is 5.32 Å². The van der Waals surface area contributed by atoms with Crippen molar-refractivity contribution in [2.45, 2.75) is 11.8 Å². The van der Waals surface area contributed by atoms with Crippen LogP contribution in [-0.4, -0.2) is 19.2 Å². The van der Waals surface area contributed by atoms with Gasteiger partial charge in [0.25, 0.3) is 21.6 Å². The number of nitrogens with zero attached hydrogens (tertiary/aromatic N) is 1. The number of aryl methyl sites for hydroxylation is 1. The number of hydrogen-bond donors (Lipinski definition) is 2. The molecular formula is C20H16ClN3O5S. The summed E-state index contributed by atoms with van der Waals surface area (Å²) in [6.45, 7) is 1.61. The highest BCUT2D eigenvalue weighted by Crippen LogP contribution is 2.27. The number of anilines is 2. The molecule has 8 nitrogen and oxygen atoms in total. The largest absolute Gasteiger partial charge is 0.322 e. The third-order valence-electron chi connectivity index (χ3n) is 4.20. The molecule has 30 heavy (non-hydrogen) atoms. The maximum atomic E-state index is 12.9. The van der Waals surface area contributed by atoms with Gasteiger partial charge in [0, 0.05) is 11.8 Å². The molecule has 3 aromatic carbocycles. The Bertz CT molecular complexity index is 1240. The zero-order chi connectivity index (χ0) is 21.9. The molecule has 1 amide bonds. The minimum absolute atomic E-state index is 0.0669. The number of rotatable bonds is 6. The normalized spacial score (nSPS) is 11.0. The molecule has 0 bridgehead atoms. The number of nitro groups is 1. The van der Waals surface area contributed by atoms with Gasteiger partial charge in [-0.15, -0.1) is 0 Å². The van der Waals surface area contributed by atoms with Crippen molar-refractivity contribution < 1.29 is 18.1 Å². The highest BCUT2D eigenvalue weighted by molar-refractivity contribution is 7.92. The van der Waals surface area contributed by atoms with E-state index in [4.69, 9.17) is 11.6 Å². The van der Waals surface area contributed by atoms with E-state index >= 15 is 0 Å². The highest BCUT2D eigenvalue weighted by atomic mass is 35.5. The lowest BCUT2D eigenvalue weighted by atomic mass is 10.1. The van der Waals surface area contributed by atoms with Crippen molar-refractivity contribution >= 4 is 44.6 Å². The molecule has 0 aromatic heterocycles. The van der Waals surface area contributed by atoms with Gasteiger partial charge in [-0.1, -0.05) is 41.9 Å². The van der Waals surface area contributed by atoms with Crippen LogP contribution in [-0.2, 0) is 10.0 Å². The summed E-state index contributed by atoms with van der Waals surface area (Å²) in [6, 6.07) is 16.2. The first kappa shape index (κ1) is 21.3. The quantitative estimate of drug-likeness (QED) is 0.424. The Hall–Kier alpha value is -3.43. The van der Waals surface area contributed by atoms with Crippen molar-refractivity contribution in [1.82, 2.24) is 0 Å². The van der Waals surface area contributed by atoms with Gasteiger partial charge in [-0.3, -0.25) is 19.6 Å². The highest BCUT2D eigenvalue weighted by Gasteiger charge is 2.22. The van der Waals surface area contributed by atoms with Crippen LogP contribution in [0.15, 0.2) is 71.6 Å². The van der Waals surface area contributed by atoms with E-state index in [0.717, 1.165) is 0 Å². The van der Waals surface area contributed by atoms with E-state index in [1.165, 1.54) is 48.5 Å². The zero-order valence-corrected chi connectivity index (χ0v) is 17.2. The smallest absolute Gasteiger partial charge is 0.282 e. The second kappa shape index (κ2) is 8.52. The van der Waals surface area contributed by atoms with E-state index in [1.807, 2.05) is 0 Å². The number of nitro benzene ring substituents is 1. The van der Waals surface area contributed by atoms with E-state index in [9.17, 15) is 23.3 Å². The fourth-order valence-corrected chi connectivity index (χ4v) is 4.32. The number of hydrogen-bond acceptors (Lipinski definition) is 5. The number of carbonyl (C=O) groups is 1. The number of benzene rings is 3. The summed E-state index contributed by atoms with van der Waals surface area (Å²) in [6.07, 6.45) is 0. The van der Waals surface area contributed by atoms with Crippen LogP contribution in [0.3, 0.4) is 0 Å². The second-order valence-corrected chi connectivity index (χ2v) is 8.35. The van der Waals surface area contributed by atoms with Gasteiger partial charge in [-0.2, -0.15) is 0 Å². The van der Waals surface area contributed by atoms with Crippen LogP contribution in [0, 0.1) is 17.0 Å². The molecule has 0 saturated heterocycles. The molecule has 10 heteroatoms. The molecule has 0 atom stereocenters. The van der Waals surface area contributed by atoms with Crippen molar-refractivity contribution in [2.75, 3.05) is 10.0 Å². The summed E-state index contributed by atoms with van der Waals surface area (Å²) in [5.74, 6) is -0.728. The van der Waals surface area contributed by atoms with Crippen LogP contribution < -0.4 is 10.0 Å². The molecular weight excluding hydrogens is 430 g/mol. The Morgan fingerprint density at radius 3 is 2.40 bits per heavy atom. The predicted molar refractivity (Wildman–Crippen MR) is 114 cm³/mol. The molecule has 0 aliphatic heterocycles. The van der Waals surface area contributed by atoms with Gasteiger partial charge in [-0.05, 0) is 42.8 Å². The van der Waals surface area contributed by atoms with Crippen LogP contribution in [0.2, 0.25) is 5.02 Å². The van der Waals surface area contributed by atoms with E-state index in [-0.39, 0.29) is 32.5 Å². The number of nitrogens with one attached hydrogen (secondary N) is 2. The summed E-state index contributed by atoms with van der Waals surface area (Å²) >= 11 is 6.03. The summed E-state index contributed by atoms with van der Waals surface area (Å²) < 4.78 is 28.1. The average molecular weight is 446 g/mol. The third kappa shape index (κ3) is 4.58. The van der Waals surface area contributed by atoms with Crippen molar-refractivity contribution in [3.05, 3.63) is 93.0 Å². The van der Waals surface area contributed by atoms with Gasteiger partial charge in [-0.25, -0.2) is 8.42 Å². The lowest BCUT2D eigenvalue weighted by molar-refractivity contribution is -0.385. The first-order valence-electron chi connectivity index (χ1n) is 8.62. The average Bonchev–Trinajstić information content (AvgIpc) is 2.71. The number of halogens is 1. The van der Waals surface area contributed by atoms with Crippen molar-refractivity contribution in [3.63, 3.8) is 0 Å². The third-order valence-corrected chi connectivity index (χ3v) is 6.04. The van der Waals surface area contributed by atoms with E-state index in [2.05, 4.69) is 10.0 Å². The first-order valence-corrected chi connectivity index (χ1v) is 10.5. The van der Waals surface area contributed by atoms with E-state index in [0.29, 0.717) is 5.56 Å². The summed E-state index contributed by atoms with van der Waals surface area (Å²) in [7, 11) is -4.01. The monoisotopic (exact) mass is 445 g/mol. The molecule has 0 radical (unpaired) electrons. The molecule has 0 spiro atoms. The Kier molecular flexibility index (Phi) is 6.04. The first-order chi connectivity index (χ1) is 14.2. The van der Waals surface area contributed by atoms with Crippen molar-refractivity contribution in [3.8, 4) is 0 Å². The molecule has 0 heterocycles. The second-order valence-electron chi connectivity index (χ2n) is 6.29. The molecule has 154 valence electrons.